The van der Waals surface area contributed by atoms with Crippen LogP contribution >= 0.6 is 0 Å². The Morgan fingerprint density at radius 2 is 1.73 bits per heavy atom. The van der Waals surface area contributed by atoms with Gasteiger partial charge in [-0.2, -0.15) is 0 Å². The monoisotopic (exact) mass is 217 g/mol. The highest BCUT2D eigenvalue weighted by atomic mass is 79.9. The van der Waals surface area contributed by atoms with Crippen LogP contribution < -0.4 is 22.7 Å². The van der Waals surface area contributed by atoms with Gasteiger partial charge in [-0.3, -0.25) is 0 Å². The standard InChI is InChI=1S/C7H7NO2.BrH/c8-6-3-1-5(2-4-6)7(9)10;/h1-4H,8H2,(H,9,10);1H. The molecule has 0 fully saturated rings. The van der Waals surface area contributed by atoms with Gasteiger partial charge in [0.2, 0.25) is 0 Å². The Balaban J connectivity index is 0.000001000. The van der Waals surface area contributed by atoms with E-state index in [0.29, 0.717) is 5.56 Å². The lowest BCUT2D eigenvalue weighted by Crippen LogP contribution is -3.00. The molecule has 0 radical (unpaired) electrons. The Morgan fingerprint density at radius 1 is 1.27 bits per heavy atom. The van der Waals surface area contributed by atoms with Gasteiger partial charge in [0.1, 0.15) is 5.69 Å². The van der Waals surface area contributed by atoms with Crippen molar-refractivity contribution >= 4 is 11.7 Å². The second-order valence-electron chi connectivity index (χ2n) is 2.00. The first-order chi connectivity index (χ1) is 4.70. The summed E-state index contributed by atoms with van der Waals surface area (Å²) in [5.41, 5.74) is 4.75. The van der Waals surface area contributed by atoms with E-state index in [-0.39, 0.29) is 17.0 Å². The molecule has 1 aromatic rings. The highest BCUT2D eigenvalue weighted by Crippen LogP contribution is 2.02. The zero-order valence-corrected chi connectivity index (χ0v) is 7.34. The molecule has 60 valence electrons. The van der Waals surface area contributed by atoms with E-state index in [0.717, 1.165) is 5.69 Å². The van der Waals surface area contributed by atoms with Crippen molar-refractivity contribution in [1.82, 2.24) is 0 Å². The number of carboxylic acids is 1. The summed E-state index contributed by atoms with van der Waals surface area (Å²) in [6.07, 6.45) is 0. The maximum atomic E-state index is 10.3. The summed E-state index contributed by atoms with van der Waals surface area (Å²) in [7, 11) is 0. The molecule has 0 heterocycles. The average Bonchev–Trinajstić information content (AvgIpc) is 1.88. The van der Waals surface area contributed by atoms with Crippen molar-refractivity contribution in [2.24, 2.45) is 0 Å². The Hall–Kier alpha value is -0.870. The fourth-order valence-electron chi connectivity index (χ4n) is 0.647. The van der Waals surface area contributed by atoms with E-state index in [2.05, 4.69) is 5.73 Å². The first-order valence-electron chi connectivity index (χ1n) is 2.85. The topological polar surface area (TPSA) is 64.9 Å². The summed E-state index contributed by atoms with van der Waals surface area (Å²) in [4.78, 5) is 10.3. The molecule has 1 rings (SSSR count). The fraction of sp³-hybridized carbons (Fsp3) is 0. The molecule has 1 aromatic carbocycles. The predicted octanol–water partition coefficient (Wildman–Crippen LogP) is -2.74. The lowest BCUT2D eigenvalue weighted by Gasteiger charge is -1.90. The zero-order chi connectivity index (χ0) is 7.56. The second-order valence-corrected chi connectivity index (χ2v) is 2.00. The van der Waals surface area contributed by atoms with Crippen LogP contribution in [0.1, 0.15) is 10.4 Å². The number of carboxylic acid groups (broad SMARTS) is 1. The van der Waals surface area contributed by atoms with Crippen LogP contribution in [0, 0.1) is 0 Å². The molecule has 0 aromatic heterocycles. The summed E-state index contributed by atoms with van der Waals surface area (Å²) < 4.78 is 0. The number of rotatable bonds is 1. The van der Waals surface area contributed by atoms with Crippen molar-refractivity contribution in [3.8, 4) is 0 Å². The van der Waals surface area contributed by atoms with E-state index in [1.54, 1.807) is 12.1 Å². The molecule has 0 atom stereocenters. The molecule has 0 saturated heterocycles. The van der Waals surface area contributed by atoms with E-state index < -0.39 is 5.97 Å². The molecule has 11 heavy (non-hydrogen) atoms. The Morgan fingerprint density at radius 3 is 2.09 bits per heavy atom. The van der Waals surface area contributed by atoms with Crippen LogP contribution in [0.2, 0.25) is 0 Å². The van der Waals surface area contributed by atoms with E-state index in [1.165, 1.54) is 12.1 Å². The third-order valence-corrected chi connectivity index (χ3v) is 1.20. The summed E-state index contributed by atoms with van der Waals surface area (Å²) in [6.45, 7) is 0. The van der Waals surface area contributed by atoms with Gasteiger partial charge in [-0.25, -0.2) is 4.79 Å². The molecule has 0 bridgehead atoms. The summed E-state index contributed by atoms with van der Waals surface area (Å²) in [6, 6.07) is 6.40. The SMILES string of the molecule is [Br-].[NH3+]c1ccc(C(=O)O)cc1. The molecular weight excluding hydrogens is 210 g/mol. The molecule has 0 unspecified atom stereocenters. The van der Waals surface area contributed by atoms with Gasteiger partial charge >= 0.3 is 5.97 Å². The number of benzene rings is 1. The van der Waals surface area contributed by atoms with E-state index in [4.69, 9.17) is 5.11 Å². The normalized spacial score (nSPS) is 8.45. The van der Waals surface area contributed by atoms with Crippen LogP contribution in [0.25, 0.3) is 0 Å². The van der Waals surface area contributed by atoms with Gasteiger partial charge < -0.3 is 27.8 Å². The smallest absolute Gasteiger partial charge is 0.335 e. The van der Waals surface area contributed by atoms with Crippen molar-refractivity contribution in [1.29, 1.82) is 0 Å². The van der Waals surface area contributed by atoms with Crippen molar-refractivity contribution < 1.29 is 32.6 Å². The maximum Gasteiger partial charge on any atom is 0.335 e. The summed E-state index contributed by atoms with van der Waals surface area (Å²) in [5.74, 6) is -0.903. The molecule has 4 N–H and O–H groups in total. The number of aromatic carboxylic acids is 1. The highest BCUT2D eigenvalue weighted by molar-refractivity contribution is 5.87. The molecule has 4 heteroatoms. The lowest BCUT2D eigenvalue weighted by atomic mass is 10.2. The number of carbonyl (C=O) groups is 1. The Labute approximate surface area is 74.6 Å². The van der Waals surface area contributed by atoms with Gasteiger partial charge in [0, 0.05) is 0 Å². The van der Waals surface area contributed by atoms with Gasteiger partial charge in [0.05, 0.1) is 5.56 Å². The minimum atomic E-state index is -0.903. The third-order valence-electron chi connectivity index (χ3n) is 1.20. The first-order valence-corrected chi connectivity index (χ1v) is 2.85. The van der Waals surface area contributed by atoms with Gasteiger partial charge in [0.25, 0.3) is 0 Å². The lowest BCUT2D eigenvalue weighted by molar-refractivity contribution is -0.254. The summed E-state index contributed by atoms with van der Waals surface area (Å²) in [5, 5.41) is 8.46. The number of hydrogen-bond donors (Lipinski definition) is 2. The molecular formula is C7H8BrNO2. The molecule has 0 aliphatic heterocycles. The fourth-order valence-corrected chi connectivity index (χ4v) is 0.647. The average molecular weight is 218 g/mol. The molecule has 3 nitrogen and oxygen atoms in total. The van der Waals surface area contributed by atoms with Crippen molar-refractivity contribution in [3.05, 3.63) is 29.8 Å². The van der Waals surface area contributed by atoms with Crippen LogP contribution in [0.3, 0.4) is 0 Å². The van der Waals surface area contributed by atoms with Crippen LogP contribution in [0.4, 0.5) is 5.69 Å². The van der Waals surface area contributed by atoms with Gasteiger partial charge in [-0.05, 0) is 24.3 Å². The van der Waals surface area contributed by atoms with Gasteiger partial charge in [0.15, 0.2) is 0 Å². The molecule has 0 aliphatic rings. The minimum absolute atomic E-state index is 0. The van der Waals surface area contributed by atoms with E-state index in [9.17, 15) is 4.79 Å². The number of halogens is 1. The number of hydrogen-bond acceptors (Lipinski definition) is 1. The van der Waals surface area contributed by atoms with Crippen LogP contribution in [-0.2, 0) is 0 Å². The van der Waals surface area contributed by atoms with Crippen LogP contribution in [-0.4, -0.2) is 11.1 Å². The van der Waals surface area contributed by atoms with Gasteiger partial charge in [-0.1, -0.05) is 0 Å². The van der Waals surface area contributed by atoms with Crippen LogP contribution in [0.5, 0.6) is 0 Å². The summed E-state index contributed by atoms with van der Waals surface area (Å²) >= 11 is 0. The Kier molecular flexibility index (Phi) is 3.78. The van der Waals surface area contributed by atoms with Crippen LogP contribution in [0.15, 0.2) is 24.3 Å². The first kappa shape index (κ1) is 10.1. The second kappa shape index (κ2) is 4.10. The van der Waals surface area contributed by atoms with E-state index >= 15 is 0 Å². The largest absolute Gasteiger partial charge is 1.00 e. The predicted molar refractivity (Wildman–Crippen MR) is 35.9 cm³/mol. The quantitative estimate of drug-likeness (QED) is 0.537. The molecule has 0 amide bonds. The highest BCUT2D eigenvalue weighted by Gasteiger charge is 1.99. The molecule has 0 spiro atoms. The maximum absolute atomic E-state index is 10.3. The van der Waals surface area contributed by atoms with Crippen molar-refractivity contribution in [2.75, 3.05) is 0 Å². The third kappa shape index (κ3) is 2.69. The van der Waals surface area contributed by atoms with Crippen molar-refractivity contribution in [2.45, 2.75) is 0 Å². The minimum Gasteiger partial charge on any atom is -1.00 e. The van der Waals surface area contributed by atoms with Crippen molar-refractivity contribution in [3.63, 3.8) is 0 Å². The molecule has 0 saturated carbocycles. The molecule has 0 aliphatic carbocycles. The van der Waals surface area contributed by atoms with E-state index in [1.807, 2.05) is 0 Å². The Bertz CT molecular complexity index is 245. The number of quaternary nitrogens is 1. The van der Waals surface area contributed by atoms with Gasteiger partial charge in [-0.15, -0.1) is 0 Å². The zero-order valence-electron chi connectivity index (χ0n) is 5.75.